The summed E-state index contributed by atoms with van der Waals surface area (Å²) in [5, 5.41) is 8.68. The minimum absolute atomic E-state index is 0.245. The SMILES string of the molecule is C=C(CCC(C)=Cc1ccc(N)cc1)C(=O)O. The first kappa shape index (κ1) is 13.0. The molecule has 0 fully saturated rings. The monoisotopic (exact) mass is 231 g/mol. The van der Waals surface area contributed by atoms with Crippen LogP contribution in [-0.2, 0) is 4.79 Å². The molecule has 3 nitrogen and oxygen atoms in total. The number of carbonyl (C=O) groups is 1. The van der Waals surface area contributed by atoms with Crippen LogP contribution in [0.25, 0.3) is 6.08 Å². The molecule has 0 heterocycles. The Bertz CT molecular complexity index is 444. The molecule has 1 rings (SSSR count). The summed E-state index contributed by atoms with van der Waals surface area (Å²) in [4.78, 5) is 10.6. The second kappa shape index (κ2) is 5.89. The highest BCUT2D eigenvalue weighted by Crippen LogP contribution is 2.15. The Balaban J connectivity index is 2.58. The Labute approximate surface area is 101 Å². The third-order valence-corrected chi connectivity index (χ3v) is 2.47. The van der Waals surface area contributed by atoms with Crippen molar-refractivity contribution in [3.05, 3.63) is 47.6 Å². The van der Waals surface area contributed by atoms with Crippen LogP contribution in [0.3, 0.4) is 0 Å². The van der Waals surface area contributed by atoms with Crippen LogP contribution in [0.15, 0.2) is 42.0 Å². The summed E-state index contributed by atoms with van der Waals surface area (Å²) in [6.45, 7) is 5.48. The van der Waals surface area contributed by atoms with Crippen molar-refractivity contribution in [2.75, 3.05) is 5.73 Å². The molecule has 0 atom stereocenters. The van der Waals surface area contributed by atoms with E-state index in [0.717, 1.165) is 16.8 Å². The lowest BCUT2D eigenvalue weighted by Crippen LogP contribution is -1.98. The minimum atomic E-state index is -0.926. The Morgan fingerprint density at radius 2 is 1.94 bits per heavy atom. The largest absolute Gasteiger partial charge is 0.478 e. The zero-order chi connectivity index (χ0) is 12.8. The first-order valence-corrected chi connectivity index (χ1v) is 5.43. The number of carboxylic acids is 1. The van der Waals surface area contributed by atoms with Gasteiger partial charge < -0.3 is 10.8 Å². The molecule has 1 aromatic carbocycles. The van der Waals surface area contributed by atoms with Crippen LogP contribution in [0.1, 0.15) is 25.3 Å². The fourth-order valence-electron chi connectivity index (χ4n) is 1.40. The number of nitrogens with two attached hydrogens (primary N) is 1. The van der Waals surface area contributed by atoms with E-state index in [1.165, 1.54) is 0 Å². The Hall–Kier alpha value is -2.03. The lowest BCUT2D eigenvalue weighted by atomic mass is 10.0. The summed E-state index contributed by atoms with van der Waals surface area (Å²) in [7, 11) is 0. The lowest BCUT2D eigenvalue weighted by Gasteiger charge is -2.02. The van der Waals surface area contributed by atoms with Crippen molar-refractivity contribution in [2.45, 2.75) is 19.8 Å². The molecule has 0 aliphatic heterocycles. The molecule has 90 valence electrons. The number of hydrogen-bond donors (Lipinski definition) is 2. The van der Waals surface area contributed by atoms with Gasteiger partial charge in [-0.2, -0.15) is 0 Å². The maximum atomic E-state index is 10.6. The second-order valence-corrected chi connectivity index (χ2v) is 4.07. The van der Waals surface area contributed by atoms with Gasteiger partial charge in [0.05, 0.1) is 0 Å². The van der Waals surface area contributed by atoms with Crippen molar-refractivity contribution in [3.8, 4) is 0 Å². The fourth-order valence-corrected chi connectivity index (χ4v) is 1.40. The number of aliphatic carboxylic acids is 1. The highest BCUT2D eigenvalue weighted by molar-refractivity contribution is 5.85. The normalized spacial score (nSPS) is 11.2. The van der Waals surface area contributed by atoms with Crippen molar-refractivity contribution in [1.29, 1.82) is 0 Å². The molecule has 0 aliphatic rings. The average molecular weight is 231 g/mol. The van der Waals surface area contributed by atoms with Crippen LogP contribution in [-0.4, -0.2) is 11.1 Å². The molecule has 3 N–H and O–H groups in total. The van der Waals surface area contributed by atoms with Crippen molar-refractivity contribution >= 4 is 17.7 Å². The van der Waals surface area contributed by atoms with Gasteiger partial charge in [0.25, 0.3) is 0 Å². The summed E-state index contributed by atoms with van der Waals surface area (Å²) >= 11 is 0. The lowest BCUT2D eigenvalue weighted by molar-refractivity contribution is -0.132. The molecule has 0 saturated heterocycles. The summed E-state index contributed by atoms with van der Waals surface area (Å²) in [6.07, 6.45) is 3.21. The van der Waals surface area contributed by atoms with Crippen LogP contribution in [0.2, 0.25) is 0 Å². The van der Waals surface area contributed by atoms with E-state index in [9.17, 15) is 4.79 Å². The van der Waals surface area contributed by atoms with Crippen molar-refractivity contribution < 1.29 is 9.90 Å². The van der Waals surface area contributed by atoms with Crippen LogP contribution in [0.5, 0.6) is 0 Å². The Morgan fingerprint density at radius 3 is 2.47 bits per heavy atom. The van der Waals surface area contributed by atoms with Crippen molar-refractivity contribution in [2.24, 2.45) is 0 Å². The van der Waals surface area contributed by atoms with E-state index in [0.29, 0.717) is 12.8 Å². The van der Waals surface area contributed by atoms with E-state index < -0.39 is 5.97 Å². The van der Waals surface area contributed by atoms with Crippen molar-refractivity contribution in [1.82, 2.24) is 0 Å². The maximum Gasteiger partial charge on any atom is 0.330 e. The van der Waals surface area contributed by atoms with Gasteiger partial charge in [0.2, 0.25) is 0 Å². The van der Waals surface area contributed by atoms with Crippen LogP contribution < -0.4 is 5.73 Å². The first-order chi connectivity index (χ1) is 7.99. The van der Waals surface area contributed by atoms with E-state index in [1.807, 2.05) is 37.3 Å². The predicted octanol–water partition coefficient (Wildman–Crippen LogP) is 3.09. The molecule has 0 aliphatic carbocycles. The third-order valence-electron chi connectivity index (χ3n) is 2.47. The Kier molecular flexibility index (Phi) is 4.52. The number of anilines is 1. The number of benzene rings is 1. The van der Waals surface area contributed by atoms with Crippen LogP contribution in [0, 0.1) is 0 Å². The molecule has 0 spiro atoms. The standard InChI is InChI=1S/C14H17NO2/c1-10(3-4-11(2)14(16)17)9-12-5-7-13(15)8-6-12/h5-9H,2-4,15H2,1H3,(H,16,17). The van der Waals surface area contributed by atoms with Gasteiger partial charge in [-0.25, -0.2) is 4.79 Å². The van der Waals surface area contributed by atoms with Gasteiger partial charge in [0.1, 0.15) is 0 Å². The molecule has 0 radical (unpaired) electrons. The minimum Gasteiger partial charge on any atom is -0.478 e. The van der Waals surface area contributed by atoms with Gasteiger partial charge in [0.15, 0.2) is 0 Å². The second-order valence-electron chi connectivity index (χ2n) is 4.07. The highest BCUT2D eigenvalue weighted by atomic mass is 16.4. The fraction of sp³-hybridized carbons (Fsp3) is 0.214. The van der Waals surface area contributed by atoms with Crippen LogP contribution in [0.4, 0.5) is 5.69 Å². The van der Waals surface area contributed by atoms with Gasteiger partial charge in [-0.3, -0.25) is 0 Å². The molecule has 3 heteroatoms. The molecule has 0 saturated carbocycles. The number of nitrogen functional groups attached to an aromatic ring is 1. The smallest absolute Gasteiger partial charge is 0.330 e. The topological polar surface area (TPSA) is 63.3 Å². The summed E-state index contributed by atoms with van der Waals surface area (Å²) in [5.74, 6) is -0.926. The molecule has 17 heavy (non-hydrogen) atoms. The molecular formula is C14H17NO2. The van der Waals surface area contributed by atoms with Crippen molar-refractivity contribution in [3.63, 3.8) is 0 Å². The van der Waals surface area contributed by atoms with Gasteiger partial charge in [0, 0.05) is 11.3 Å². The van der Waals surface area contributed by atoms with Gasteiger partial charge in [-0.15, -0.1) is 0 Å². The Morgan fingerprint density at radius 1 is 1.35 bits per heavy atom. The number of carboxylic acid groups (broad SMARTS) is 1. The average Bonchev–Trinajstić information content (AvgIpc) is 2.29. The summed E-state index contributed by atoms with van der Waals surface area (Å²) in [6, 6.07) is 7.56. The third kappa shape index (κ3) is 4.55. The molecule has 0 amide bonds. The molecule has 1 aromatic rings. The first-order valence-electron chi connectivity index (χ1n) is 5.43. The maximum absolute atomic E-state index is 10.6. The molecule has 0 bridgehead atoms. The summed E-state index contributed by atoms with van der Waals surface area (Å²) in [5.41, 5.74) is 8.76. The number of allylic oxidation sites excluding steroid dienone is 1. The quantitative estimate of drug-likeness (QED) is 0.604. The van der Waals surface area contributed by atoms with Gasteiger partial charge in [-0.05, 0) is 37.5 Å². The number of rotatable bonds is 5. The zero-order valence-electron chi connectivity index (χ0n) is 9.94. The van der Waals surface area contributed by atoms with E-state index >= 15 is 0 Å². The molecule has 0 aromatic heterocycles. The van der Waals surface area contributed by atoms with E-state index in [4.69, 9.17) is 10.8 Å². The van der Waals surface area contributed by atoms with Gasteiger partial charge in [-0.1, -0.05) is 30.4 Å². The van der Waals surface area contributed by atoms with Gasteiger partial charge >= 0.3 is 5.97 Å². The highest BCUT2D eigenvalue weighted by Gasteiger charge is 2.03. The summed E-state index contributed by atoms with van der Waals surface area (Å²) < 4.78 is 0. The van der Waals surface area contributed by atoms with Crippen LogP contribution >= 0.6 is 0 Å². The molecule has 0 unspecified atom stereocenters. The van der Waals surface area contributed by atoms with E-state index in [2.05, 4.69) is 6.58 Å². The number of hydrogen-bond acceptors (Lipinski definition) is 2. The van der Waals surface area contributed by atoms with E-state index in [1.54, 1.807) is 0 Å². The molecular weight excluding hydrogens is 214 g/mol. The zero-order valence-corrected chi connectivity index (χ0v) is 9.94. The predicted molar refractivity (Wildman–Crippen MR) is 70.5 cm³/mol. The van der Waals surface area contributed by atoms with E-state index in [-0.39, 0.29) is 5.57 Å².